The lowest BCUT2D eigenvalue weighted by Gasteiger charge is -1.86. The van der Waals surface area contributed by atoms with Gasteiger partial charge in [-0.25, -0.2) is 0 Å². The van der Waals surface area contributed by atoms with Crippen molar-refractivity contribution in [1.29, 1.82) is 0 Å². The van der Waals surface area contributed by atoms with E-state index in [2.05, 4.69) is 29.5 Å². The Hall–Kier alpha value is 1.02. The predicted molar refractivity (Wildman–Crippen MR) is 34.2 cm³/mol. The molecule has 0 aromatic rings. The van der Waals surface area contributed by atoms with E-state index in [4.69, 9.17) is 11.6 Å². The van der Waals surface area contributed by atoms with Crippen molar-refractivity contribution in [2.75, 3.05) is 5.88 Å². The van der Waals surface area contributed by atoms with Gasteiger partial charge in [0.2, 0.25) is 0 Å². The van der Waals surface area contributed by atoms with Crippen LogP contribution in [0.2, 0.25) is 0 Å². The van der Waals surface area contributed by atoms with Crippen LogP contribution in [0.1, 0.15) is 6.92 Å². The third-order valence-corrected chi connectivity index (χ3v) is 1.64. The molecule has 0 bridgehead atoms. The monoisotopic (exact) mass is 204 g/mol. The first-order valence-corrected chi connectivity index (χ1v) is 3.25. The number of halogens is 2. The molecule has 0 fully saturated rings. The summed E-state index contributed by atoms with van der Waals surface area (Å²) >= 11 is 7.60. The molecule has 0 aliphatic rings. The fraction of sp³-hybridized carbons (Fsp3) is 1.00. The Bertz CT molecular complexity index is 20.9. The highest BCUT2D eigenvalue weighted by molar-refractivity contribution is 14.1. The number of alkyl halides is 2. The largest absolute Gasteiger partial charge is 0.126 e. The average Bonchev–Trinajstić information content (AvgIpc) is 1.38. The molecule has 0 saturated heterocycles. The van der Waals surface area contributed by atoms with E-state index in [9.17, 15) is 0 Å². The molecule has 0 aliphatic carbocycles. The topological polar surface area (TPSA) is 0 Å². The van der Waals surface area contributed by atoms with Gasteiger partial charge >= 0.3 is 0 Å². The highest BCUT2D eigenvalue weighted by Gasteiger charge is 1.84. The van der Waals surface area contributed by atoms with Gasteiger partial charge in [0.25, 0.3) is 0 Å². The summed E-state index contributed by atoms with van der Waals surface area (Å²) < 4.78 is 0.620. The van der Waals surface area contributed by atoms with Crippen LogP contribution in [-0.4, -0.2) is 9.80 Å². The number of hydrogen-bond donors (Lipinski definition) is 0. The van der Waals surface area contributed by atoms with Gasteiger partial charge in [-0.15, -0.1) is 11.6 Å². The molecule has 1 atom stereocenters. The van der Waals surface area contributed by atoms with Crippen molar-refractivity contribution >= 4 is 34.2 Å². The molecule has 0 aliphatic heterocycles. The van der Waals surface area contributed by atoms with Crippen molar-refractivity contribution < 1.29 is 0 Å². The average molecular weight is 204 g/mol. The van der Waals surface area contributed by atoms with E-state index in [-0.39, 0.29) is 0 Å². The quantitative estimate of drug-likeness (QED) is 0.453. The molecule has 0 aromatic carbocycles. The second kappa shape index (κ2) is 3.22. The first-order chi connectivity index (χ1) is 2.27. The van der Waals surface area contributed by atoms with Crippen LogP contribution in [0.4, 0.5) is 0 Å². The fourth-order valence-electron chi connectivity index (χ4n) is 0. The zero-order valence-corrected chi connectivity index (χ0v) is 5.95. The molecule has 2 heteroatoms. The van der Waals surface area contributed by atoms with Crippen LogP contribution in [0.5, 0.6) is 0 Å². The summed E-state index contributed by atoms with van der Waals surface area (Å²) in [6.45, 7) is 2.08. The minimum atomic E-state index is 0.620. The lowest BCUT2D eigenvalue weighted by Crippen LogP contribution is -1.86. The Labute approximate surface area is 51.0 Å². The highest BCUT2D eigenvalue weighted by atomic mass is 127. The van der Waals surface area contributed by atoms with Crippen LogP contribution in [0.15, 0.2) is 0 Å². The smallest absolute Gasteiger partial charge is 0.0338 e. The van der Waals surface area contributed by atoms with E-state index in [1.165, 1.54) is 0 Å². The van der Waals surface area contributed by atoms with Crippen LogP contribution < -0.4 is 0 Å². The van der Waals surface area contributed by atoms with Gasteiger partial charge < -0.3 is 0 Å². The molecular formula is C3H6ClI. The van der Waals surface area contributed by atoms with E-state index >= 15 is 0 Å². The number of hydrogen-bond acceptors (Lipinski definition) is 0. The maximum atomic E-state index is 5.33. The molecule has 0 saturated carbocycles. The fourth-order valence-corrected chi connectivity index (χ4v) is 0. The summed E-state index contributed by atoms with van der Waals surface area (Å²) in [7, 11) is 0. The van der Waals surface area contributed by atoms with E-state index in [0.29, 0.717) is 3.92 Å². The Morgan fingerprint density at radius 2 is 2.20 bits per heavy atom. The van der Waals surface area contributed by atoms with Crippen molar-refractivity contribution in [3.8, 4) is 0 Å². The molecule has 0 rings (SSSR count). The molecule has 0 aromatic heterocycles. The Morgan fingerprint density at radius 1 is 2.00 bits per heavy atom. The third kappa shape index (κ3) is 5.02. The van der Waals surface area contributed by atoms with Crippen LogP contribution in [0, 0.1) is 0 Å². The Kier molecular flexibility index (Phi) is 3.88. The van der Waals surface area contributed by atoms with Gasteiger partial charge in [0.15, 0.2) is 0 Å². The zero-order chi connectivity index (χ0) is 4.28. The van der Waals surface area contributed by atoms with Crippen LogP contribution in [0.25, 0.3) is 0 Å². The minimum Gasteiger partial charge on any atom is -0.126 e. The van der Waals surface area contributed by atoms with Gasteiger partial charge in [-0.05, 0) is 0 Å². The van der Waals surface area contributed by atoms with Gasteiger partial charge in [-0.1, -0.05) is 29.5 Å². The SMILES string of the molecule is C[C@H](I)CCl. The van der Waals surface area contributed by atoms with Gasteiger partial charge in [0.05, 0.1) is 0 Å². The van der Waals surface area contributed by atoms with Crippen LogP contribution >= 0.6 is 34.2 Å². The Balaban J connectivity index is 2.54. The first kappa shape index (κ1) is 6.02. The van der Waals surface area contributed by atoms with Gasteiger partial charge in [-0.2, -0.15) is 0 Å². The highest BCUT2D eigenvalue weighted by Crippen LogP contribution is 1.98. The zero-order valence-electron chi connectivity index (χ0n) is 3.04. The summed E-state index contributed by atoms with van der Waals surface area (Å²) in [4.78, 5) is 0. The van der Waals surface area contributed by atoms with Crippen molar-refractivity contribution in [2.45, 2.75) is 10.8 Å². The molecule has 0 unspecified atom stereocenters. The summed E-state index contributed by atoms with van der Waals surface area (Å²) in [5, 5.41) is 0. The van der Waals surface area contributed by atoms with Gasteiger partial charge in [0.1, 0.15) is 0 Å². The van der Waals surface area contributed by atoms with Crippen molar-refractivity contribution in [2.24, 2.45) is 0 Å². The van der Waals surface area contributed by atoms with E-state index in [1.54, 1.807) is 0 Å². The molecule has 0 nitrogen and oxygen atoms in total. The molecule has 0 amide bonds. The predicted octanol–water partition coefficient (Wildman–Crippen LogP) is 2.05. The van der Waals surface area contributed by atoms with E-state index < -0.39 is 0 Å². The molecule has 0 heterocycles. The maximum Gasteiger partial charge on any atom is 0.0338 e. The molecule has 0 spiro atoms. The normalized spacial score (nSPS) is 15.0. The van der Waals surface area contributed by atoms with Crippen LogP contribution in [-0.2, 0) is 0 Å². The minimum absolute atomic E-state index is 0.620. The maximum absolute atomic E-state index is 5.33. The standard InChI is InChI=1S/C3H6ClI/c1-3(5)2-4/h3H,2H2,1H3/t3-/m0/s1. The summed E-state index contributed by atoms with van der Waals surface area (Å²) in [6.07, 6.45) is 0. The molecule has 0 N–H and O–H groups in total. The van der Waals surface area contributed by atoms with Gasteiger partial charge in [0, 0.05) is 9.80 Å². The molecular weight excluding hydrogens is 198 g/mol. The Morgan fingerprint density at radius 3 is 2.20 bits per heavy atom. The second-order valence-electron chi connectivity index (χ2n) is 0.935. The second-order valence-corrected chi connectivity index (χ2v) is 3.37. The van der Waals surface area contributed by atoms with Crippen molar-refractivity contribution in [3.05, 3.63) is 0 Å². The lowest BCUT2D eigenvalue weighted by atomic mass is 10.6. The summed E-state index contributed by atoms with van der Waals surface area (Å²) in [5.41, 5.74) is 0. The third-order valence-electron chi connectivity index (χ3n) is 0.213. The molecule has 0 radical (unpaired) electrons. The molecule has 5 heavy (non-hydrogen) atoms. The number of rotatable bonds is 1. The first-order valence-electron chi connectivity index (χ1n) is 1.47. The van der Waals surface area contributed by atoms with Crippen molar-refractivity contribution in [1.82, 2.24) is 0 Å². The summed E-state index contributed by atoms with van der Waals surface area (Å²) in [6, 6.07) is 0. The van der Waals surface area contributed by atoms with Crippen molar-refractivity contribution in [3.63, 3.8) is 0 Å². The van der Waals surface area contributed by atoms with E-state index in [0.717, 1.165) is 5.88 Å². The van der Waals surface area contributed by atoms with Crippen LogP contribution in [0.3, 0.4) is 0 Å². The molecule has 32 valence electrons. The summed E-state index contributed by atoms with van der Waals surface area (Å²) in [5.74, 6) is 0.764. The lowest BCUT2D eigenvalue weighted by molar-refractivity contribution is 1.17. The van der Waals surface area contributed by atoms with Gasteiger partial charge in [-0.3, -0.25) is 0 Å². The van der Waals surface area contributed by atoms with E-state index in [1.807, 2.05) is 0 Å².